The third kappa shape index (κ3) is 2.92. The Kier molecular flexibility index (Phi) is 4.19. The fraction of sp³-hybridized carbons (Fsp3) is 0.364. The lowest BCUT2D eigenvalue weighted by Crippen LogP contribution is -2.42. The van der Waals surface area contributed by atoms with E-state index < -0.39 is 24.2 Å². The van der Waals surface area contributed by atoms with E-state index in [2.05, 4.69) is 0 Å². The highest BCUT2D eigenvalue weighted by atomic mass is 19.1. The minimum Gasteiger partial charge on any atom is -0.508 e. The number of benzene rings is 1. The van der Waals surface area contributed by atoms with Crippen LogP contribution in [0.5, 0.6) is 5.75 Å². The molecule has 0 saturated heterocycles. The third-order valence-corrected chi connectivity index (χ3v) is 5.97. The smallest absolute Gasteiger partial charge is 0.290 e. The number of ketones is 1. The number of phenolic OH excluding ortho intramolecular Hbond substituents is 1. The van der Waals surface area contributed by atoms with Crippen LogP contribution in [0.25, 0.3) is 0 Å². The van der Waals surface area contributed by atoms with Crippen LogP contribution in [-0.2, 0) is 20.9 Å². The summed E-state index contributed by atoms with van der Waals surface area (Å²) < 4.78 is 25.4. The molecule has 0 spiro atoms. The van der Waals surface area contributed by atoms with Gasteiger partial charge in [0.25, 0.3) is 5.91 Å². The molecule has 1 N–H and O–H groups in total. The monoisotopic (exact) mass is 397 g/mol. The van der Waals surface area contributed by atoms with Crippen LogP contribution in [-0.4, -0.2) is 34.0 Å². The molecule has 7 heteroatoms. The number of carbonyl (C=O) groups is 2. The highest BCUT2D eigenvalue weighted by molar-refractivity contribution is 6.11. The van der Waals surface area contributed by atoms with Gasteiger partial charge in [-0.05, 0) is 49.1 Å². The van der Waals surface area contributed by atoms with E-state index in [0.29, 0.717) is 24.2 Å². The molecule has 0 radical (unpaired) electrons. The van der Waals surface area contributed by atoms with Crippen molar-refractivity contribution in [2.24, 2.45) is 5.92 Å². The summed E-state index contributed by atoms with van der Waals surface area (Å²) in [7, 11) is 0. The number of phenols is 1. The topological polar surface area (TPSA) is 80.0 Å². The van der Waals surface area contributed by atoms with Crippen LogP contribution >= 0.6 is 0 Å². The van der Waals surface area contributed by atoms with Gasteiger partial charge in [-0.3, -0.25) is 9.59 Å². The van der Waals surface area contributed by atoms with E-state index in [0.717, 1.165) is 0 Å². The van der Waals surface area contributed by atoms with E-state index in [1.807, 2.05) is 0 Å². The van der Waals surface area contributed by atoms with Crippen LogP contribution in [0.3, 0.4) is 0 Å². The molecule has 1 aliphatic carbocycles. The number of hydrogen-bond acceptors (Lipinski definition) is 5. The van der Waals surface area contributed by atoms with Crippen molar-refractivity contribution in [1.82, 2.24) is 4.90 Å². The van der Waals surface area contributed by atoms with Gasteiger partial charge in [-0.25, -0.2) is 4.39 Å². The number of ether oxygens (including phenoxy) is 1. The van der Waals surface area contributed by atoms with Crippen LogP contribution in [0.15, 0.2) is 58.4 Å². The normalized spacial score (nSPS) is 28.9. The van der Waals surface area contributed by atoms with Crippen molar-refractivity contribution in [3.8, 4) is 5.75 Å². The maximum Gasteiger partial charge on any atom is 0.290 e. The average molecular weight is 397 g/mol. The number of Topliss-reactive ketones (excluding diaryl/α,β-unsaturated/α-hetero) is 1. The van der Waals surface area contributed by atoms with Gasteiger partial charge < -0.3 is 19.2 Å². The number of fused-ring (bicyclic) bond motifs is 1. The Morgan fingerprint density at radius 3 is 2.79 bits per heavy atom. The van der Waals surface area contributed by atoms with Gasteiger partial charge in [0, 0.05) is 0 Å². The first-order chi connectivity index (χ1) is 14.0. The molecule has 0 bridgehead atoms. The molecule has 1 amide bonds. The number of aromatic hydroxyl groups is 1. The highest BCUT2D eigenvalue weighted by Crippen LogP contribution is 2.47. The molecule has 6 nitrogen and oxygen atoms in total. The van der Waals surface area contributed by atoms with Gasteiger partial charge in [-0.2, -0.15) is 0 Å². The average Bonchev–Trinajstić information content (AvgIpc) is 3.31. The molecule has 2 aliphatic heterocycles. The first kappa shape index (κ1) is 18.0. The van der Waals surface area contributed by atoms with Gasteiger partial charge in [0.05, 0.1) is 30.3 Å². The molecule has 3 heterocycles. The number of hydrogen-bond donors (Lipinski definition) is 1. The predicted octanol–water partition coefficient (Wildman–Crippen LogP) is 3.43. The second kappa shape index (κ2) is 6.76. The molecule has 2 aromatic rings. The first-order valence-electron chi connectivity index (χ1n) is 9.74. The SMILES string of the molecule is O=C1C2=C(OC3CCC(F)CC13)C(=O)N(Cc1ccco1)C2c1cccc(O)c1. The quantitative estimate of drug-likeness (QED) is 0.858. The fourth-order valence-electron chi connectivity index (χ4n) is 4.64. The fourth-order valence-corrected chi connectivity index (χ4v) is 4.64. The molecule has 1 aromatic carbocycles. The summed E-state index contributed by atoms with van der Waals surface area (Å²) in [6.45, 7) is 0.150. The Hall–Kier alpha value is -3.09. The summed E-state index contributed by atoms with van der Waals surface area (Å²) in [6, 6.07) is 9.22. The van der Waals surface area contributed by atoms with Crippen LogP contribution in [0.4, 0.5) is 4.39 Å². The molecule has 29 heavy (non-hydrogen) atoms. The lowest BCUT2D eigenvalue weighted by molar-refractivity contribution is -0.136. The van der Waals surface area contributed by atoms with Crippen molar-refractivity contribution in [3.05, 3.63) is 65.3 Å². The van der Waals surface area contributed by atoms with Crippen LogP contribution < -0.4 is 0 Å². The van der Waals surface area contributed by atoms with E-state index in [-0.39, 0.29) is 41.7 Å². The molecule has 1 aromatic heterocycles. The molecule has 5 rings (SSSR count). The summed E-state index contributed by atoms with van der Waals surface area (Å²) in [5, 5.41) is 9.96. The second-order valence-electron chi connectivity index (χ2n) is 7.79. The minimum atomic E-state index is -1.04. The van der Waals surface area contributed by atoms with Crippen molar-refractivity contribution in [2.45, 2.75) is 44.1 Å². The van der Waals surface area contributed by atoms with Crippen LogP contribution in [0.2, 0.25) is 0 Å². The number of nitrogens with zero attached hydrogens (tertiary/aromatic N) is 1. The number of amides is 1. The Labute approximate surface area is 166 Å². The van der Waals surface area contributed by atoms with Crippen molar-refractivity contribution < 1.29 is 28.2 Å². The largest absolute Gasteiger partial charge is 0.508 e. The van der Waals surface area contributed by atoms with E-state index in [9.17, 15) is 19.1 Å². The van der Waals surface area contributed by atoms with Gasteiger partial charge in [0.15, 0.2) is 11.5 Å². The van der Waals surface area contributed by atoms with Crippen molar-refractivity contribution >= 4 is 11.7 Å². The Balaban J connectivity index is 1.59. The third-order valence-electron chi connectivity index (χ3n) is 5.97. The zero-order valence-electron chi connectivity index (χ0n) is 15.6. The number of alkyl halides is 1. The zero-order valence-corrected chi connectivity index (χ0v) is 15.6. The van der Waals surface area contributed by atoms with Gasteiger partial charge in [0.1, 0.15) is 23.8 Å². The molecule has 1 saturated carbocycles. The van der Waals surface area contributed by atoms with Crippen molar-refractivity contribution in [2.75, 3.05) is 0 Å². The number of carbonyl (C=O) groups excluding carboxylic acids is 2. The number of halogens is 1. The molecule has 150 valence electrons. The second-order valence-corrected chi connectivity index (χ2v) is 7.79. The molecule has 1 fully saturated rings. The summed E-state index contributed by atoms with van der Waals surface area (Å²) >= 11 is 0. The van der Waals surface area contributed by atoms with E-state index in [4.69, 9.17) is 9.15 Å². The molecular formula is C22H20FNO5. The highest BCUT2D eigenvalue weighted by Gasteiger charge is 2.53. The Morgan fingerprint density at radius 2 is 2.03 bits per heavy atom. The molecule has 4 atom stereocenters. The van der Waals surface area contributed by atoms with E-state index in [1.165, 1.54) is 23.3 Å². The van der Waals surface area contributed by atoms with Gasteiger partial charge in [0.2, 0.25) is 0 Å². The minimum absolute atomic E-state index is 0.0329. The van der Waals surface area contributed by atoms with Gasteiger partial charge in [-0.15, -0.1) is 0 Å². The summed E-state index contributed by atoms with van der Waals surface area (Å²) in [4.78, 5) is 28.1. The summed E-state index contributed by atoms with van der Waals surface area (Å²) in [5.74, 6) is -0.564. The van der Waals surface area contributed by atoms with E-state index in [1.54, 1.807) is 24.3 Å². The lowest BCUT2D eigenvalue weighted by Gasteiger charge is -2.36. The van der Waals surface area contributed by atoms with Crippen molar-refractivity contribution in [3.63, 3.8) is 0 Å². The Bertz CT molecular complexity index is 998. The molecular weight excluding hydrogens is 377 g/mol. The van der Waals surface area contributed by atoms with Crippen molar-refractivity contribution in [1.29, 1.82) is 0 Å². The van der Waals surface area contributed by atoms with E-state index >= 15 is 0 Å². The maximum atomic E-state index is 14.0. The maximum absolute atomic E-state index is 14.0. The van der Waals surface area contributed by atoms with Crippen LogP contribution in [0.1, 0.15) is 36.6 Å². The Morgan fingerprint density at radius 1 is 1.17 bits per heavy atom. The molecule has 3 aliphatic rings. The number of rotatable bonds is 3. The first-order valence-corrected chi connectivity index (χ1v) is 9.74. The predicted molar refractivity (Wildman–Crippen MR) is 99.2 cm³/mol. The van der Waals surface area contributed by atoms with Gasteiger partial charge >= 0.3 is 0 Å². The molecule has 4 unspecified atom stereocenters. The summed E-state index contributed by atoms with van der Waals surface area (Å²) in [5.41, 5.74) is 0.848. The number of furan rings is 1. The van der Waals surface area contributed by atoms with Crippen LogP contribution in [0, 0.1) is 5.92 Å². The van der Waals surface area contributed by atoms with Gasteiger partial charge in [-0.1, -0.05) is 12.1 Å². The standard InChI is InChI=1S/C22H20FNO5/c23-13-6-7-17-16(10-13)20(26)18-19(12-3-1-4-14(25)9-12)24(22(27)21(18)29-17)11-15-5-2-8-28-15/h1-5,8-9,13,16-17,19,25H,6-7,10-11H2. The lowest BCUT2D eigenvalue weighted by atomic mass is 9.77. The zero-order chi connectivity index (χ0) is 20.1. The summed E-state index contributed by atoms with van der Waals surface area (Å²) in [6.07, 6.45) is 0.865.